The van der Waals surface area contributed by atoms with E-state index in [-0.39, 0.29) is 37.7 Å². The van der Waals surface area contributed by atoms with Crippen molar-refractivity contribution in [3.8, 4) is 0 Å². The number of nitrogens with zero attached hydrogens (tertiary/aromatic N) is 2. The number of alkyl halides is 1. The average Bonchev–Trinajstić information content (AvgIpc) is 2.94. The molecule has 0 aromatic heterocycles. The van der Waals surface area contributed by atoms with E-state index in [0.29, 0.717) is 6.54 Å². The third-order valence-corrected chi connectivity index (χ3v) is 4.16. The fraction of sp³-hybridized carbons (Fsp3) is 0.471. The number of halogens is 1. The molecule has 0 unspecified atom stereocenters. The molecule has 1 aromatic rings. The van der Waals surface area contributed by atoms with Crippen LogP contribution >= 0.6 is 0 Å². The molecule has 3 amide bonds. The van der Waals surface area contributed by atoms with Crippen molar-refractivity contribution < 1.29 is 18.8 Å². The van der Waals surface area contributed by atoms with Crippen LogP contribution in [0.2, 0.25) is 0 Å². The van der Waals surface area contributed by atoms with E-state index < -0.39 is 18.1 Å². The second-order valence-corrected chi connectivity index (χ2v) is 5.97. The highest BCUT2D eigenvalue weighted by Crippen LogP contribution is 2.21. The molecular weight excluding hydrogens is 313 g/mol. The number of carbonyl (C=O) groups is 3. The van der Waals surface area contributed by atoms with Gasteiger partial charge in [-0.05, 0) is 5.56 Å². The predicted molar refractivity (Wildman–Crippen MR) is 86.4 cm³/mol. The van der Waals surface area contributed by atoms with Crippen LogP contribution in [-0.2, 0) is 20.9 Å². The number of hydrogen-bond donors (Lipinski definition) is 1. The molecule has 1 aliphatic rings. The van der Waals surface area contributed by atoms with Gasteiger partial charge in [0.15, 0.2) is 0 Å². The van der Waals surface area contributed by atoms with Crippen LogP contribution in [0.3, 0.4) is 0 Å². The molecule has 0 aliphatic carbocycles. The minimum absolute atomic E-state index is 0.0307. The zero-order valence-corrected chi connectivity index (χ0v) is 13.7. The van der Waals surface area contributed by atoms with Gasteiger partial charge in [-0.25, -0.2) is 4.39 Å². The Hall–Kier alpha value is -2.44. The third-order valence-electron chi connectivity index (χ3n) is 4.16. The van der Waals surface area contributed by atoms with Crippen LogP contribution < -0.4 is 5.73 Å². The van der Waals surface area contributed by atoms with Crippen LogP contribution in [0, 0.1) is 0 Å². The lowest BCUT2D eigenvalue weighted by Crippen LogP contribution is -2.44. The summed E-state index contributed by atoms with van der Waals surface area (Å²) in [5.74, 6) is -1.21. The van der Waals surface area contributed by atoms with Gasteiger partial charge in [-0.1, -0.05) is 30.3 Å². The molecule has 24 heavy (non-hydrogen) atoms. The van der Waals surface area contributed by atoms with Gasteiger partial charge in [-0.15, -0.1) is 0 Å². The highest BCUT2D eigenvalue weighted by molar-refractivity contribution is 5.87. The molecule has 2 rings (SSSR count). The Morgan fingerprint density at radius 1 is 1.29 bits per heavy atom. The summed E-state index contributed by atoms with van der Waals surface area (Å²) in [6.45, 7) is 1.93. The van der Waals surface area contributed by atoms with Crippen LogP contribution in [0.5, 0.6) is 0 Å². The van der Waals surface area contributed by atoms with E-state index in [9.17, 15) is 18.8 Å². The fourth-order valence-corrected chi connectivity index (χ4v) is 2.86. The van der Waals surface area contributed by atoms with Crippen molar-refractivity contribution in [2.75, 3.05) is 13.1 Å². The minimum Gasteiger partial charge on any atom is -0.368 e. The van der Waals surface area contributed by atoms with E-state index >= 15 is 0 Å². The van der Waals surface area contributed by atoms with Gasteiger partial charge < -0.3 is 15.5 Å². The normalized spacial score (nSPS) is 20.0. The van der Waals surface area contributed by atoms with E-state index in [1.807, 2.05) is 30.3 Å². The summed E-state index contributed by atoms with van der Waals surface area (Å²) in [5.41, 5.74) is 6.19. The van der Waals surface area contributed by atoms with Gasteiger partial charge >= 0.3 is 0 Å². The van der Waals surface area contributed by atoms with Crippen LogP contribution in [0.1, 0.15) is 25.3 Å². The Morgan fingerprint density at radius 2 is 1.96 bits per heavy atom. The highest BCUT2D eigenvalue weighted by Gasteiger charge is 2.38. The number of benzene rings is 1. The Balaban J connectivity index is 1.95. The van der Waals surface area contributed by atoms with Crippen LogP contribution in [0.4, 0.5) is 4.39 Å². The molecule has 0 radical (unpaired) electrons. The SMILES string of the molecule is CC(=O)N(CCC(=O)N1C[C@H](F)C[C@H]1C(N)=O)Cc1ccccc1. The lowest BCUT2D eigenvalue weighted by molar-refractivity contribution is -0.138. The topological polar surface area (TPSA) is 83.7 Å². The van der Waals surface area contributed by atoms with E-state index in [4.69, 9.17) is 5.73 Å². The van der Waals surface area contributed by atoms with E-state index in [2.05, 4.69) is 0 Å². The monoisotopic (exact) mass is 335 g/mol. The maximum atomic E-state index is 13.5. The molecule has 0 saturated carbocycles. The molecule has 130 valence electrons. The number of primary amides is 1. The van der Waals surface area contributed by atoms with Crippen molar-refractivity contribution >= 4 is 17.7 Å². The first-order valence-corrected chi connectivity index (χ1v) is 7.90. The van der Waals surface area contributed by atoms with Crippen molar-refractivity contribution in [3.63, 3.8) is 0 Å². The lowest BCUT2D eigenvalue weighted by atomic mass is 10.2. The Kier molecular flexibility index (Phi) is 5.89. The quantitative estimate of drug-likeness (QED) is 0.836. The third kappa shape index (κ3) is 4.53. The first kappa shape index (κ1) is 17.9. The van der Waals surface area contributed by atoms with Gasteiger partial charge in [-0.2, -0.15) is 0 Å². The summed E-state index contributed by atoms with van der Waals surface area (Å²) < 4.78 is 13.5. The van der Waals surface area contributed by atoms with Crippen molar-refractivity contribution in [1.29, 1.82) is 0 Å². The standard InChI is InChI=1S/C17H22FN3O3/c1-12(22)20(10-13-5-3-2-4-6-13)8-7-16(23)21-11-14(18)9-15(21)17(19)24/h2-6,14-15H,7-11H2,1H3,(H2,19,24)/t14-,15+/m1/s1. The maximum absolute atomic E-state index is 13.5. The average molecular weight is 335 g/mol. The Bertz CT molecular complexity index is 608. The fourth-order valence-electron chi connectivity index (χ4n) is 2.86. The van der Waals surface area contributed by atoms with Gasteiger partial charge in [0.05, 0.1) is 6.54 Å². The summed E-state index contributed by atoms with van der Waals surface area (Å²) in [7, 11) is 0. The molecule has 0 bridgehead atoms. The molecular formula is C17H22FN3O3. The van der Waals surface area contributed by atoms with Crippen LogP contribution in [0.25, 0.3) is 0 Å². The van der Waals surface area contributed by atoms with E-state index in [0.717, 1.165) is 5.56 Å². The molecule has 1 saturated heterocycles. The zero-order valence-electron chi connectivity index (χ0n) is 13.7. The molecule has 1 aliphatic heterocycles. The summed E-state index contributed by atoms with van der Waals surface area (Å²) >= 11 is 0. The van der Waals surface area contributed by atoms with Crippen molar-refractivity contribution in [2.24, 2.45) is 5.73 Å². The molecule has 1 heterocycles. The second-order valence-electron chi connectivity index (χ2n) is 5.97. The van der Waals surface area contributed by atoms with Gasteiger partial charge in [0, 0.05) is 32.9 Å². The smallest absolute Gasteiger partial charge is 0.240 e. The van der Waals surface area contributed by atoms with Crippen LogP contribution in [0.15, 0.2) is 30.3 Å². The molecule has 2 atom stereocenters. The minimum atomic E-state index is -1.24. The van der Waals surface area contributed by atoms with Gasteiger partial charge in [0.1, 0.15) is 12.2 Å². The molecule has 6 nitrogen and oxygen atoms in total. The molecule has 7 heteroatoms. The number of carbonyl (C=O) groups excluding carboxylic acids is 3. The number of hydrogen-bond acceptors (Lipinski definition) is 3. The summed E-state index contributed by atoms with van der Waals surface area (Å²) in [6, 6.07) is 8.54. The molecule has 2 N–H and O–H groups in total. The molecule has 1 aromatic carbocycles. The number of rotatable bonds is 6. The Morgan fingerprint density at radius 3 is 2.54 bits per heavy atom. The van der Waals surface area contributed by atoms with Gasteiger partial charge in [0.2, 0.25) is 17.7 Å². The first-order chi connectivity index (χ1) is 11.4. The summed E-state index contributed by atoms with van der Waals surface area (Å²) in [4.78, 5) is 38.2. The van der Waals surface area contributed by atoms with Crippen molar-refractivity contribution in [3.05, 3.63) is 35.9 Å². The number of nitrogens with two attached hydrogens (primary N) is 1. The number of amides is 3. The second kappa shape index (κ2) is 7.90. The summed E-state index contributed by atoms with van der Waals surface area (Å²) in [5, 5.41) is 0. The van der Waals surface area contributed by atoms with Gasteiger partial charge in [0.25, 0.3) is 0 Å². The van der Waals surface area contributed by atoms with Crippen molar-refractivity contribution in [2.45, 2.75) is 38.5 Å². The largest absolute Gasteiger partial charge is 0.368 e. The number of likely N-dealkylation sites (tertiary alicyclic amines) is 1. The molecule has 0 spiro atoms. The maximum Gasteiger partial charge on any atom is 0.240 e. The first-order valence-electron chi connectivity index (χ1n) is 7.90. The Labute approximate surface area is 140 Å². The highest BCUT2D eigenvalue weighted by atomic mass is 19.1. The van der Waals surface area contributed by atoms with E-state index in [1.165, 1.54) is 11.8 Å². The lowest BCUT2D eigenvalue weighted by Gasteiger charge is -2.25. The zero-order chi connectivity index (χ0) is 17.7. The molecule has 1 fully saturated rings. The predicted octanol–water partition coefficient (Wildman–Crippen LogP) is 0.850. The van der Waals surface area contributed by atoms with Gasteiger partial charge in [-0.3, -0.25) is 14.4 Å². The van der Waals surface area contributed by atoms with E-state index in [1.54, 1.807) is 4.90 Å². The summed E-state index contributed by atoms with van der Waals surface area (Å²) in [6.07, 6.45) is -1.26. The van der Waals surface area contributed by atoms with Crippen molar-refractivity contribution in [1.82, 2.24) is 9.80 Å². The van der Waals surface area contributed by atoms with Crippen LogP contribution in [-0.4, -0.2) is 52.8 Å².